The standard InChI is InChI=1S/C19H23N5/c1-13-5-4-6-23(11-13)18-17-10-22-24(19(17)21-12-20-18)16-8-14(2)7-15(3)9-16/h7-10,12-13H,4-6,11H2,1-3H3. The summed E-state index contributed by atoms with van der Waals surface area (Å²) in [5.41, 5.74) is 4.39. The maximum atomic E-state index is 4.61. The van der Waals surface area contributed by atoms with Gasteiger partial charge in [-0.2, -0.15) is 5.10 Å². The molecule has 1 aliphatic heterocycles. The van der Waals surface area contributed by atoms with Gasteiger partial charge in [0.2, 0.25) is 0 Å². The topological polar surface area (TPSA) is 46.8 Å². The maximum absolute atomic E-state index is 4.61. The number of benzene rings is 1. The number of aromatic nitrogens is 4. The zero-order chi connectivity index (χ0) is 16.7. The Balaban J connectivity index is 1.81. The smallest absolute Gasteiger partial charge is 0.168 e. The number of anilines is 1. The molecule has 3 heterocycles. The van der Waals surface area contributed by atoms with Gasteiger partial charge in [-0.25, -0.2) is 14.6 Å². The molecule has 3 aromatic rings. The van der Waals surface area contributed by atoms with Crippen molar-refractivity contribution in [2.24, 2.45) is 5.92 Å². The Kier molecular flexibility index (Phi) is 3.71. The molecule has 1 saturated heterocycles. The highest BCUT2D eigenvalue weighted by atomic mass is 15.3. The van der Waals surface area contributed by atoms with E-state index in [0.29, 0.717) is 5.92 Å². The molecule has 1 fully saturated rings. The molecule has 1 aromatic carbocycles. The molecule has 24 heavy (non-hydrogen) atoms. The molecule has 0 aliphatic carbocycles. The molecule has 0 N–H and O–H groups in total. The predicted molar refractivity (Wildman–Crippen MR) is 96.7 cm³/mol. The summed E-state index contributed by atoms with van der Waals surface area (Å²) in [4.78, 5) is 11.5. The van der Waals surface area contributed by atoms with E-state index < -0.39 is 0 Å². The first-order valence-electron chi connectivity index (χ1n) is 8.64. The van der Waals surface area contributed by atoms with Crippen LogP contribution in [0.5, 0.6) is 0 Å². The molecular weight excluding hydrogens is 298 g/mol. The number of piperidine rings is 1. The van der Waals surface area contributed by atoms with E-state index >= 15 is 0 Å². The second kappa shape index (κ2) is 5.89. The van der Waals surface area contributed by atoms with Crippen molar-refractivity contribution in [3.05, 3.63) is 41.9 Å². The van der Waals surface area contributed by atoms with Crippen molar-refractivity contribution in [2.45, 2.75) is 33.6 Å². The largest absolute Gasteiger partial charge is 0.356 e. The first-order valence-corrected chi connectivity index (χ1v) is 8.64. The van der Waals surface area contributed by atoms with E-state index in [1.807, 2.05) is 10.9 Å². The highest BCUT2D eigenvalue weighted by Gasteiger charge is 2.21. The van der Waals surface area contributed by atoms with Crippen LogP contribution in [0.25, 0.3) is 16.7 Å². The van der Waals surface area contributed by atoms with Crippen molar-refractivity contribution < 1.29 is 0 Å². The molecule has 1 unspecified atom stereocenters. The lowest BCUT2D eigenvalue weighted by Gasteiger charge is -2.31. The molecular formula is C19H23N5. The van der Waals surface area contributed by atoms with E-state index in [4.69, 9.17) is 0 Å². The van der Waals surface area contributed by atoms with Crippen LogP contribution in [-0.2, 0) is 0 Å². The Morgan fingerprint density at radius 1 is 1.08 bits per heavy atom. The Bertz CT molecular complexity index is 862. The van der Waals surface area contributed by atoms with Crippen LogP contribution >= 0.6 is 0 Å². The summed E-state index contributed by atoms with van der Waals surface area (Å²) in [7, 11) is 0. The third-order valence-electron chi connectivity index (χ3n) is 4.75. The second-order valence-corrected chi connectivity index (χ2v) is 7.03. The van der Waals surface area contributed by atoms with Crippen LogP contribution in [-0.4, -0.2) is 32.8 Å². The minimum absolute atomic E-state index is 0.707. The third-order valence-corrected chi connectivity index (χ3v) is 4.75. The van der Waals surface area contributed by atoms with Gasteiger partial charge in [0.25, 0.3) is 0 Å². The fourth-order valence-corrected chi connectivity index (χ4v) is 3.73. The van der Waals surface area contributed by atoms with E-state index in [1.54, 1.807) is 6.33 Å². The van der Waals surface area contributed by atoms with Crippen molar-refractivity contribution >= 4 is 16.9 Å². The highest BCUT2D eigenvalue weighted by Crippen LogP contribution is 2.28. The van der Waals surface area contributed by atoms with E-state index in [1.165, 1.54) is 24.0 Å². The summed E-state index contributed by atoms with van der Waals surface area (Å²) in [6, 6.07) is 6.46. The van der Waals surface area contributed by atoms with Gasteiger partial charge in [0.15, 0.2) is 5.65 Å². The summed E-state index contributed by atoms with van der Waals surface area (Å²) in [6.45, 7) is 8.64. The highest BCUT2D eigenvalue weighted by molar-refractivity contribution is 5.87. The summed E-state index contributed by atoms with van der Waals surface area (Å²) in [5, 5.41) is 5.64. The van der Waals surface area contributed by atoms with Gasteiger partial charge in [-0.1, -0.05) is 13.0 Å². The van der Waals surface area contributed by atoms with Crippen LogP contribution in [0.2, 0.25) is 0 Å². The number of nitrogens with zero attached hydrogens (tertiary/aromatic N) is 5. The Labute approximate surface area is 142 Å². The summed E-state index contributed by atoms with van der Waals surface area (Å²) in [5.74, 6) is 1.72. The van der Waals surface area contributed by atoms with Gasteiger partial charge in [0.05, 0.1) is 17.3 Å². The minimum atomic E-state index is 0.707. The van der Waals surface area contributed by atoms with Gasteiger partial charge in [0, 0.05) is 13.1 Å². The van der Waals surface area contributed by atoms with Crippen molar-refractivity contribution in [1.29, 1.82) is 0 Å². The SMILES string of the molecule is Cc1cc(C)cc(-n2ncc3c(N4CCCC(C)C4)ncnc32)c1. The molecule has 2 aromatic heterocycles. The first kappa shape index (κ1) is 15.1. The molecule has 0 saturated carbocycles. The summed E-state index contributed by atoms with van der Waals surface area (Å²) >= 11 is 0. The zero-order valence-electron chi connectivity index (χ0n) is 14.5. The van der Waals surface area contributed by atoms with Crippen LogP contribution in [0.3, 0.4) is 0 Å². The Morgan fingerprint density at radius 3 is 2.62 bits per heavy atom. The molecule has 0 spiro atoms. The van der Waals surface area contributed by atoms with Crippen LogP contribution in [0.4, 0.5) is 5.82 Å². The Hall–Kier alpha value is -2.43. The predicted octanol–water partition coefficient (Wildman–Crippen LogP) is 3.67. The number of fused-ring (bicyclic) bond motifs is 1. The van der Waals surface area contributed by atoms with Crippen molar-refractivity contribution in [1.82, 2.24) is 19.7 Å². The van der Waals surface area contributed by atoms with Crippen LogP contribution < -0.4 is 4.90 Å². The molecule has 5 nitrogen and oxygen atoms in total. The number of hydrogen-bond donors (Lipinski definition) is 0. The van der Waals surface area contributed by atoms with Crippen molar-refractivity contribution in [3.8, 4) is 5.69 Å². The van der Waals surface area contributed by atoms with Gasteiger partial charge in [-0.05, 0) is 55.9 Å². The first-order chi connectivity index (χ1) is 11.6. The van der Waals surface area contributed by atoms with Crippen molar-refractivity contribution in [2.75, 3.05) is 18.0 Å². The van der Waals surface area contributed by atoms with E-state index in [9.17, 15) is 0 Å². The van der Waals surface area contributed by atoms with Gasteiger partial charge in [-0.3, -0.25) is 0 Å². The molecule has 0 amide bonds. The van der Waals surface area contributed by atoms with Crippen molar-refractivity contribution in [3.63, 3.8) is 0 Å². The number of aryl methyl sites for hydroxylation is 2. The molecule has 0 bridgehead atoms. The minimum Gasteiger partial charge on any atom is -0.356 e. The van der Waals surface area contributed by atoms with Gasteiger partial charge < -0.3 is 4.90 Å². The van der Waals surface area contributed by atoms with Crippen LogP contribution in [0.1, 0.15) is 30.9 Å². The summed E-state index contributed by atoms with van der Waals surface area (Å²) in [6.07, 6.45) is 6.09. The summed E-state index contributed by atoms with van der Waals surface area (Å²) < 4.78 is 1.92. The molecule has 1 atom stereocenters. The van der Waals surface area contributed by atoms with E-state index in [2.05, 4.69) is 58.9 Å². The van der Waals surface area contributed by atoms with E-state index in [-0.39, 0.29) is 0 Å². The van der Waals surface area contributed by atoms with Gasteiger partial charge in [0.1, 0.15) is 12.1 Å². The van der Waals surface area contributed by atoms with Gasteiger partial charge >= 0.3 is 0 Å². The lowest BCUT2D eigenvalue weighted by molar-refractivity contribution is 0.445. The maximum Gasteiger partial charge on any atom is 0.168 e. The third kappa shape index (κ3) is 2.64. The molecule has 4 rings (SSSR count). The molecule has 5 heteroatoms. The lowest BCUT2D eigenvalue weighted by atomic mass is 10.0. The normalized spacial score (nSPS) is 18.3. The van der Waals surface area contributed by atoms with Crippen LogP contribution in [0, 0.1) is 19.8 Å². The number of hydrogen-bond acceptors (Lipinski definition) is 4. The Morgan fingerprint density at radius 2 is 1.88 bits per heavy atom. The second-order valence-electron chi connectivity index (χ2n) is 7.03. The molecule has 124 valence electrons. The molecule has 1 aliphatic rings. The fraction of sp³-hybridized carbons (Fsp3) is 0.421. The van der Waals surface area contributed by atoms with Crippen LogP contribution in [0.15, 0.2) is 30.7 Å². The van der Waals surface area contributed by atoms with Gasteiger partial charge in [-0.15, -0.1) is 0 Å². The zero-order valence-corrected chi connectivity index (χ0v) is 14.5. The fourth-order valence-electron chi connectivity index (χ4n) is 3.73. The monoisotopic (exact) mass is 321 g/mol. The lowest BCUT2D eigenvalue weighted by Crippen LogP contribution is -2.34. The van der Waals surface area contributed by atoms with E-state index in [0.717, 1.165) is 35.6 Å². The molecule has 0 radical (unpaired) electrons. The quantitative estimate of drug-likeness (QED) is 0.722. The average Bonchev–Trinajstić information content (AvgIpc) is 2.98. The average molecular weight is 321 g/mol. The number of rotatable bonds is 2.